The van der Waals surface area contributed by atoms with Crippen LogP contribution < -0.4 is 9.47 Å². The molecule has 9 aromatic carbocycles. The molecule has 0 unspecified atom stereocenters. The maximum Gasteiger partial charge on any atom is 0.206 e. The van der Waals surface area contributed by atoms with Crippen molar-refractivity contribution >= 4 is 47.5 Å². The molecule has 0 aliphatic rings. The highest BCUT2D eigenvalue weighted by Crippen LogP contribution is 2.34. The zero-order valence-electron chi connectivity index (χ0n) is 38.7. The number of carbonyl (C=O) groups excluding carboxylic acids is 1. The number of aryl methyl sites for hydroxylation is 2. The van der Waals surface area contributed by atoms with E-state index in [-0.39, 0.29) is 25.4 Å². The van der Waals surface area contributed by atoms with E-state index < -0.39 is 19.7 Å². The third kappa shape index (κ3) is 8.72. The molecule has 0 amide bonds. The molecule has 0 saturated heterocycles. The van der Waals surface area contributed by atoms with Crippen molar-refractivity contribution in [2.24, 2.45) is 7.05 Å². The van der Waals surface area contributed by atoms with E-state index in [9.17, 15) is 21.6 Å². The number of para-hydroxylation sites is 4. The highest BCUT2D eigenvalue weighted by Gasteiger charge is 2.22. The zero-order chi connectivity index (χ0) is 49.6. The van der Waals surface area contributed by atoms with Crippen LogP contribution >= 0.6 is 0 Å². The highest BCUT2D eigenvalue weighted by atomic mass is 32.2. The molecule has 0 aliphatic heterocycles. The van der Waals surface area contributed by atoms with Gasteiger partial charge < -0.3 is 14.0 Å². The van der Waals surface area contributed by atoms with Crippen LogP contribution in [0.4, 0.5) is 0 Å². The lowest BCUT2D eigenvalue weighted by Crippen LogP contribution is -2.03. The van der Waals surface area contributed by atoms with E-state index in [1.165, 1.54) is 24.3 Å². The lowest BCUT2D eigenvalue weighted by Gasteiger charge is -2.12. The Morgan fingerprint density at radius 1 is 0.431 bits per heavy atom. The van der Waals surface area contributed by atoms with Crippen LogP contribution in [0.15, 0.2) is 238 Å². The molecule has 13 heteroatoms. The van der Waals surface area contributed by atoms with Crippen LogP contribution in [0.2, 0.25) is 0 Å². The Morgan fingerprint density at radius 3 is 1.31 bits per heavy atom. The van der Waals surface area contributed by atoms with Gasteiger partial charge in [-0.3, -0.25) is 9.36 Å². The average Bonchev–Trinajstić information content (AvgIpc) is 3.97. The van der Waals surface area contributed by atoms with Gasteiger partial charge in [-0.05, 0) is 171 Å². The van der Waals surface area contributed by atoms with Gasteiger partial charge in [-0.1, -0.05) is 60.2 Å². The van der Waals surface area contributed by atoms with Crippen LogP contribution in [0, 0.1) is 6.92 Å². The first-order chi connectivity index (χ1) is 34.9. The van der Waals surface area contributed by atoms with Crippen molar-refractivity contribution in [2.45, 2.75) is 26.5 Å². The molecule has 0 aliphatic carbocycles. The van der Waals surface area contributed by atoms with Crippen molar-refractivity contribution in [1.82, 2.24) is 19.1 Å². The number of rotatable bonds is 13. The van der Waals surface area contributed by atoms with Crippen LogP contribution in [-0.4, -0.2) is 41.7 Å². The minimum atomic E-state index is -3.90. The van der Waals surface area contributed by atoms with Crippen molar-refractivity contribution in [3.05, 3.63) is 235 Å². The molecule has 0 radical (unpaired) electrons. The van der Waals surface area contributed by atoms with Crippen molar-refractivity contribution in [3.8, 4) is 51.5 Å². The summed E-state index contributed by atoms with van der Waals surface area (Å²) >= 11 is 0. The number of aromatic nitrogens is 4. The number of nitrogens with zero attached hydrogens (tertiary/aromatic N) is 4. The monoisotopic (exact) mass is 982 g/mol. The second-order valence-corrected chi connectivity index (χ2v) is 21.1. The zero-order valence-corrected chi connectivity index (χ0v) is 40.4. The third-order valence-corrected chi connectivity index (χ3v) is 16.0. The molecule has 0 fully saturated rings. The van der Waals surface area contributed by atoms with Crippen molar-refractivity contribution in [2.75, 3.05) is 0 Å². The van der Waals surface area contributed by atoms with Gasteiger partial charge in [0.25, 0.3) is 0 Å². The fourth-order valence-electron chi connectivity index (χ4n) is 8.61. The summed E-state index contributed by atoms with van der Waals surface area (Å²) in [6.45, 7) is 1.90. The number of carbonyl (C=O) groups is 1. The standard InChI is InChI=1S/C59H42N4O7S2/c1-39-14-30-49(31-15-39)71(65,66)51-34-26-47(27-35-51)69-45-22-16-40(17-23-45)57(64)41-18-24-46(25-19-41)70-48-28-36-52(37-29-48)72(67,68)50-32-20-44(21-33-50)63-56-13-6-4-11-54(56)61-59(63)43-9-7-8-42(38-43)58-60-53-10-3-5-12-55(53)62(58)2/h3-38H,1-2H3. The first-order valence-corrected chi connectivity index (χ1v) is 25.8. The molecule has 0 spiro atoms. The summed E-state index contributed by atoms with van der Waals surface area (Å²) in [4.78, 5) is 24.0. The molecule has 0 bridgehead atoms. The number of imidazole rings is 2. The Balaban J connectivity index is 0.744. The second kappa shape index (κ2) is 18.4. The number of hydrogen-bond donors (Lipinski definition) is 0. The molecule has 11 aromatic rings. The number of sulfone groups is 2. The van der Waals surface area contributed by atoms with Gasteiger partial charge in [-0.15, -0.1) is 0 Å². The van der Waals surface area contributed by atoms with Gasteiger partial charge in [0, 0.05) is 35.0 Å². The predicted octanol–water partition coefficient (Wildman–Crippen LogP) is 13.0. The quantitative estimate of drug-likeness (QED) is 0.103. The van der Waals surface area contributed by atoms with Crippen LogP contribution in [0.3, 0.4) is 0 Å². The molecular weight excluding hydrogens is 941 g/mol. The fourth-order valence-corrected chi connectivity index (χ4v) is 11.1. The van der Waals surface area contributed by atoms with Crippen LogP contribution in [0.25, 0.3) is 50.5 Å². The average molecular weight is 983 g/mol. The third-order valence-electron chi connectivity index (χ3n) is 12.4. The number of ketones is 1. The summed E-state index contributed by atoms with van der Waals surface area (Å²) in [5.74, 6) is 3.13. The van der Waals surface area contributed by atoms with Gasteiger partial charge >= 0.3 is 0 Å². The van der Waals surface area contributed by atoms with Gasteiger partial charge in [0.1, 0.15) is 34.6 Å². The van der Waals surface area contributed by atoms with Crippen molar-refractivity contribution < 1.29 is 31.1 Å². The molecule has 352 valence electrons. The second-order valence-electron chi connectivity index (χ2n) is 17.2. The van der Waals surface area contributed by atoms with E-state index in [1.54, 1.807) is 121 Å². The Morgan fingerprint density at radius 2 is 0.819 bits per heavy atom. The maximum absolute atomic E-state index is 14.0. The molecular formula is C59H42N4O7S2. The summed E-state index contributed by atoms with van der Waals surface area (Å²) in [6.07, 6.45) is 0. The lowest BCUT2D eigenvalue weighted by atomic mass is 10.0. The van der Waals surface area contributed by atoms with E-state index in [1.807, 2.05) is 79.2 Å². The summed E-state index contributed by atoms with van der Waals surface area (Å²) < 4.78 is 70.1. The topological polar surface area (TPSA) is 139 Å². The van der Waals surface area contributed by atoms with Crippen LogP contribution in [-0.2, 0) is 26.7 Å². The molecule has 0 saturated carbocycles. The van der Waals surface area contributed by atoms with Crippen molar-refractivity contribution in [3.63, 3.8) is 0 Å². The van der Waals surface area contributed by atoms with Crippen LogP contribution in [0.5, 0.6) is 23.0 Å². The summed E-state index contributed by atoms with van der Waals surface area (Å²) in [6, 6.07) is 63.3. The van der Waals surface area contributed by atoms with Crippen molar-refractivity contribution in [1.29, 1.82) is 0 Å². The number of ether oxygens (including phenoxy) is 2. The number of benzene rings is 9. The fraction of sp³-hybridized carbons (Fsp3) is 0.0339. The smallest absolute Gasteiger partial charge is 0.206 e. The van der Waals surface area contributed by atoms with Gasteiger partial charge in [0.2, 0.25) is 19.7 Å². The van der Waals surface area contributed by atoms with Gasteiger partial charge in [-0.25, -0.2) is 26.8 Å². The van der Waals surface area contributed by atoms with E-state index in [4.69, 9.17) is 19.4 Å². The van der Waals surface area contributed by atoms with E-state index in [0.29, 0.717) is 39.9 Å². The predicted molar refractivity (Wildman–Crippen MR) is 278 cm³/mol. The highest BCUT2D eigenvalue weighted by molar-refractivity contribution is 7.91. The lowest BCUT2D eigenvalue weighted by molar-refractivity contribution is 0.103. The number of fused-ring (bicyclic) bond motifs is 2. The minimum Gasteiger partial charge on any atom is -0.457 e. The Labute approximate surface area is 415 Å². The SMILES string of the molecule is Cc1ccc(S(=O)(=O)c2ccc(Oc3ccc(C(=O)c4ccc(Oc5ccc(S(=O)(=O)c6ccc(-n7c(-c8cccc(-c9nc%10ccccc%10n9C)c8)nc8ccccc87)cc6)cc5)cc4)cc3)cc2)cc1. The van der Waals surface area contributed by atoms with E-state index >= 15 is 0 Å². The number of hydrogen-bond acceptors (Lipinski definition) is 9. The molecule has 2 aromatic heterocycles. The largest absolute Gasteiger partial charge is 0.457 e. The maximum atomic E-state index is 14.0. The Hall–Kier alpha value is -8.91. The minimum absolute atomic E-state index is 0.106. The Bertz CT molecular complexity index is 4060. The summed E-state index contributed by atoms with van der Waals surface area (Å²) in [5.41, 5.74) is 8.06. The molecule has 0 atom stereocenters. The molecule has 2 heterocycles. The van der Waals surface area contributed by atoms with Gasteiger partial charge in [-0.2, -0.15) is 0 Å². The Kier molecular flexibility index (Phi) is 11.7. The normalized spacial score (nSPS) is 11.8. The molecule has 11 rings (SSSR count). The first-order valence-electron chi connectivity index (χ1n) is 22.9. The van der Waals surface area contributed by atoms with E-state index in [0.717, 1.165) is 50.3 Å². The summed E-state index contributed by atoms with van der Waals surface area (Å²) in [7, 11) is -5.56. The summed E-state index contributed by atoms with van der Waals surface area (Å²) in [5, 5.41) is 0. The van der Waals surface area contributed by atoms with Crippen LogP contribution in [0.1, 0.15) is 21.5 Å². The van der Waals surface area contributed by atoms with Gasteiger partial charge in [0.05, 0.1) is 41.6 Å². The molecule has 11 nitrogen and oxygen atoms in total. The first kappa shape index (κ1) is 45.5. The van der Waals surface area contributed by atoms with E-state index in [2.05, 4.69) is 16.7 Å². The van der Waals surface area contributed by atoms with Gasteiger partial charge in [0.15, 0.2) is 5.78 Å². The molecule has 72 heavy (non-hydrogen) atoms. The molecule has 0 N–H and O–H groups in total.